The third-order valence-electron chi connectivity index (χ3n) is 9.05. The summed E-state index contributed by atoms with van der Waals surface area (Å²) in [5.74, 6) is 0. The van der Waals surface area contributed by atoms with Crippen LogP contribution in [-0.4, -0.2) is 39.0 Å². The van der Waals surface area contributed by atoms with Crippen molar-refractivity contribution in [3.63, 3.8) is 0 Å². The van der Waals surface area contributed by atoms with Gasteiger partial charge >= 0.3 is 39.0 Å². The molecule has 6 nitrogen and oxygen atoms in total. The molecule has 2 bridgehead atoms. The summed E-state index contributed by atoms with van der Waals surface area (Å²) in [5.41, 5.74) is 3.09. The Bertz CT molecular complexity index is 1100. The monoisotopic (exact) mass is 582 g/mol. The van der Waals surface area contributed by atoms with Gasteiger partial charge in [-0.2, -0.15) is 0 Å². The van der Waals surface area contributed by atoms with E-state index in [2.05, 4.69) is 36.4 Å². The third kappa shape index (κ3) is 5.84. The number of fused-ring (bicyclic) bond motifs is 6. The molecule has 0 unspecified atom stereocenters. The lowest BCUT2D eigenvalue weighted by Crippen LogP contribution is -2.75. The summed E-state index contributed by atoms with van der Waals surface area (Å²) in [4.78, 5) is 0. The summed E-state index contributed by atoms with van der Waals surface area (Å²) in [6.07, 6.45) is 10.9. The first-order valence-electron chi connectivity index (χ1n) is 15.4. The van der Waals surface area contributed by atoms with Gasteiger partial charge < -0.3 is 26.1 Å². The summed E-state index contributed by atoms with van der Waals surface area (Å²) in [6.45, 7) is 0. The minimum atomic E-state index is -3.50. The highest BCUT2D eigenvalue weighted by Crippen LogP contribution is 2.46. The highest BCUT2D eigenvalue weighted by atomic mass is 28.4. The Morgan fingerprint density at radius 2 is 0.659 bits per heavy atom. The molecule has 210 valence electrons. The molecule has 0 atom stereocenters. The Morgan fingerprint density at radius 3 is 0.927 bits per heavy atom. The lowest BCUT2D eigenvalue weighted by molar-refractivity contribution is 0.110. The smallest absolute Gasteiger partial charge is 0.409 e. The number of benzene rings is 3. The second-order valence-corrected chi connectivity index (χ2v) is 17.3. The minimum absolute atomic E-state index is 0.123. The molecule has 11 heteroatoms. The van der Waals surface area contributed by atoms with Crippen molar-refractivity contribution in [2.75, 3.05) is 0 Å². The van der Waals surface area contributed by atoms with Crippen LogP contribution in [0.25, 0.3) is 0 Å². The van der Waals surface area contributed by atoms with Crippen molar-refractivity contribution < 1.29 is 26.1 Å². The number of hydrogen-bond acceptors (Lipinski definition) is 6. The Labute approximate surface area is 247 Å². The zero-order valence-electron chi connectivity index (χ0n) is 23.6. The average Bonchev–Trinajstić information content (AvgIpc) is 3.03. The lowest BCUT2D eigenvalue weighted by atomic mass is 9.80. The van der Waals surface area contributed by atoms with Crippen LogP contribution >= 0.6 is 0 Å². The molecule has 3 aliphatic heterocycles. The van der Waals surface area contributed by atoms with Gasteiger partial charge in [-0.05, 0) is 42.1 Å². The molecule has 3 heterocycles. The zero-order valence-corrected chi connectivity index (χ0v) is 25.6. The highest BCUT2D eigenvalue weighted by molar-refractivity contribution is 6.95. The van der Waals surface area contributed by atoms with Crippen LogP contribution in [0.5, 0.6) is 0 Å². The summed E-state index contributed by atoms with van der Waals surface area (Å²) in [7, 11) is -9.02. The second-order valence-electron chi connectivity index (χ2n) is 11.8. The molecule has 5 fully saturated rings. The van der Waals surface area contributed by atoms with Crippen molar-refractivity contribution in [1.82, 2.24) is 0 Å². The molecule has 0 radical (unpaired) electrons. The van der Waals surface area contributed by atoms with Crippen molar-refractivity contribution in [1.29, 1.82) is 0 Å². The maximum Gasteiger partial charge on any atom is 0.478 e. The van der Waals surface area contributed by atoms with E-state index in [1.165, 1.54) is 12.8 Å². The van der Waals surface area contributed by atoms with Gasteiger partial charge in [-0.3, -0.25) is 0 Å². The maximum atomic E-state index is 7.24. The minimum Gasteiger partial charge on any atom is -0.409 e. The molecule has 3 aromatic carbocycles. The van der Waals surface area contributed by atoms with E-state index < -0.39 is 39.0 Å². The quantitative estimate of drug-likeness (QED) is 0.402. The van der Waals surface area contributed by atoms with E-state index in [9.17, 15) is 0 Å². The number of rotatable bonds is 5. The molecular weight excluding hydrogens is 545 g/mol. The van der Waals surface area contributed by atoms with Crippen LogP contribution in [0.3, 0.4) is 0 Å². The molecule has 5 aliphatic rings. The van der Waals surface area contributed by atoms with Gasteiger partial charge in [0.1, 0.15) is 0 Å². The second kappa shape index (κ2) is 12.3. The Balaban J connectivity index is 1.40. The Morgan fingerprint density at radius 1 is 0.390 bits per heavy atom. The predicted octanol–water partition coefficient (Wildman–Crippen LogP) is 4.85. The molecule has 2 aliphatic carbocycles. The summed E-state index contributed by atoms with van der Waals surface area (Å²) in [5, 5.41) is 0. The molecular formula is C30H37B3O6Si2. The van der Waals surface area contributed by atoms with Crippen molar-refractivity contribution in [2.45, 2.75) is 75.3 Å². The largest absolute Gasteiger partial charge is 0.478 e. The lowest BCUT2D eigenvalue weighted by Gasteiger charge is -2.52. The van der Waals surface area contributed by atoms with Gasteiger partial charge in [-0.1, -0.05) is 130 Å². The van der Waals surface area contributed by atoms with Crippen LogP contribution < -0.4 is 16.4 Å². The highest BCUT2D eigenvalue weighted by Gasteiger charge is 2.67. The fourth-order valence-electron chi connectivity index (χ4n) is 6.86. The van der Waals surface area contributed by atoms with E-state index in [-0.39, 0.29) is 11.1 Å². The van der Waals surface area contributed by atoms with Crippen LogP contribution in [0.15, 0.2) is 91.0 Å². The molecule has 2 saturated carbocycles. The van der Waals surface area contributed by atoms with Crippen molar-refractivity contribution in [3.05, 3.63) is 91.0 Å². The van der Waals surface area contributed by atoms with Crippen LogP contribution in [0.1, 0.15) is 64.2 Å². The molecule has 0 aromatic heterocycles. The molecule has 0 N–H and O–H groups in total. The van der Waals surface area contributed by atoms with Gasteiger partial charge in [0.15, 0.2) is 0 Å². The van der Waals surface area contributed by atoms with Crippen LogP contribution in [-0.2, 0) is 26.1 Å². The van der Waals surface area contributed by atoms with Gasteiger partial charge in [0.2, 0.25) is 0 Å². The third-order valence-corrected chi connectivity index (χ3v) is 15.5. The molecule has 0 spiro atoms. The van der Waals surface area contributed by atoms with E-state index >= 15 is 0 Å². The molecule has 8 rings (SSSR count). The summed E-state index contributed by atoms with van der Waals surface area (Å²) in [6, 6.07) is 30.6. The Kier molecular flexibility index (Phi) is 8.39. The van der Waals surface area contributed by atoms with E-state index in [0.717, 1.165) is 67.8 Å². The maximum absolute atomic E-state index is 7.24. The van der Waals surface area contributed by atoms with Gasteiger partial charge in [0, 0.05) is 11.1 Å². The van der Waals surface area contributed by atoms with E-state index in [4.69, 9.17) is 26.1 Å². The molecule has 3 saturated heterocycles. The first-order chi connectivity index (χ1) is 20.2. The molecule has 0 amide bonds. The standard InChI is InChI=1S/C30H37B3O6Si2/c1-6-16-26(17-7-1)31-34-40(29-22-12-4-13-23-29)36-32(27-18-8-2-9-19-27)37-41(35-31,30-24-14-5-15-25-30)39-33(38-40)28-20-10-3-11-21-28/h1-3,6-11,16-21,29-30H,4-5,12-15,22-25H2. The first-order valence-corrected chi connectivity index (χ1v) is 19.1. The van der Waals surface area contributed by atoms with Crippen LogP contribution in [0.2, 0.25) is 11.1 Å². The summed E-state index contributed by atoms with van der Waals surface area (Å²) < 4.78 is 43.5. The molecule has 3 aromatic rings. The zero-order chi connectivity index (χ0) is 27.5. The average molecular weight is 582 g/mol. The Hall–Kier alpha value is -1.95. The number of hydrogen-bond donors (Lipinski definition) is 0. The predicted molar refractivity (Wildman–Crippen MR) is 167 cm³/mol. The topological polar surface area (TPSA) is 55.4 Å². The van der Waals surface area contributed by atoms with Gasteiger partial charge in [0.25, 0.3) is 0 Å². The fraction of sp³-hybridized carbons (Fsp3) is 0.400. The molecule has 41 heavy (non-hydrogen) atoms. The fourth-order valence-corrected chi connectivity index (χ4v) is 13.8. The van der Waals surface area contributed by atoms with Crippen molar-refractivity contribution in [3.8, 4) is 0 Å². The first kappa shape index (κ1) is 27.9. The van der Waals surface area contributed by atoms with E-state index in [0.29, 0.717) is 0 Å². The summed E-state index contributed by atoms with van der Waals surface area (Å²) >= 11 is 0. The SMILES string of the molecule is c1ccc(B2O[Si]3(C4CCCCC4)OB(c4ccccc4)O[Si](C4CCCCC4)(O2)OB(c2ccccc2)O3)cc1. The van der Waals surface area contributed by atoms with E-state index in [1.54, 1.807) is 0 Å². The van der Waals surface area contributed by atoms with Crippen molar-refractivity contribution >= 4 is 55.4 Å². The van der Waals surface area contributed by atoms with E-state index in [1.807, 2.05) is 54.6 Å². The van der Waals surface area contributed by atoms with Crippen molar-refractivity contribution in [2.24, 2.45) is 0 Å². The van der Waals surface area contributed by atoms with Crippen LogP contribution in [0.4, 0.5) is 0 Å². The normalized spacial score (nSPS) is 28.2. The van der Waals surface area contributed by atoms with Gasteiger partial charge in [0.05, 0.1) is 0 Å². The van der Waals surface area contributed by atoms with Gasteiger partial charge in [-0.25, -0.2) is 0 Å². The van der Waals surface area contributed by atoms with Gasteiger partial charge in [-0.15, -0.1) is 0 Å². The van der Waals surface area contributed by atoms with Crippen LogP contribution in [0, 0.1) is 0 Å².